The number of anilines is 1. The molecule has 0 saturated carbocycles. The number of amides is 1. The maximum Gasteiger partial charge on any atom is 0.455 e. The minimum Gasteiger partial charge on any atom is -0.496 e. The van der Waals surface area contributed by atoms with Crippen LogP contribution in [0.1, 0.15) is 31.1 Å². The van der Waals surface area contributed by atoms with Crippen molar-refractivity contribution in [2.75, 3.05) is 12.4 Å². The Labute approximate surface area is 125 Å². The number of halogens is 3. The number of methoxy groups -OCH3 is 1. The summed E-state index contributed by atoms with van der Waals surface area (Å²) in [6.45, 7) is 4.91. The van der Waals surface area contributed by atoms with Gasteiger partial charge in [-0.2, -0.15) is 13.2 Å². The Balaban J connectivity index is 3.05. The fourth-order valence-corrected chi connectivity index (χ4v) is 1.54. The first kappa shape index (κ1) is 17.8. The van der Waals surface area contributed by atoms with Crippen molar-refractivity contribution >= 4 is 17.6 Å². The second-order valence-corrected chi connectivity index (χ2v) is 5.37. The number of rotatable bonds is 3. The van der Waals surface area contributed by atoms with E-state index in [1.54, 1.807) is 20.8 Å². The lowest BCUT2D eigenvalue weighted by atomic mass is 10.1. The van der Waals surface area contributed by atoms with Crippen LogP contribution < -0.4 is 10.1 Å². The SMILES string of the molecule is COc1ccc(NC(=O)OC(C)(C)C)cc1C(=O)C(F)(F)F. The molecule has 0 unspecified atom stereocenters. The maximum atomic E-state index is 12.6. The number of carbonyl (C=O) groups is 2. The quantitative estimate of drug-likeness (QED) is 0.861. The van der Waals surface area contributed by atoms with E-state index in [0.717, 1.165) is 19.2 Å². The van der Waals surface area contributed by atoms with Crippen LogP contribution in [0.15, 0.2) is 18.2 Å². The van der Waals surface area contributed by atoms with E-state index in [4.69, 9.17) is 9.47 Å². The Hall–Kier alpha value is -2.25. The van der Waals surface area contributed by atoms with Crippen LogP contribution in [0.2, 0.25) is 0 Å². The summed E-state index contributed by atoms with van der Waals surface area (Å²) in [6.07, 6.45) is -5.89. The summed E-state index contributed by atoms with van der Waals surface area (Å²) < 4.78 is 47.4. The molecule has 0 heterocycles. The van der Waals surface area contributed by atoms with Crippen molar-refractivity contribution in [1.29, 1.82) is 0 Å². The lowest BCUT2D eigenvalue weighted by molar-refractivity contribution is -0.0886. The van der Waals surface area contributed by atoms with Gasteiger partial charge in [-0.15, -0.1) is 0 Å². The minimum absolute atomic E-state index is 0.0114. The minimum atomic E-state index is -5.04. The number of alkyl halides is 3. The summed E-state index contributed by atoms with van der Waals surface area (Å²) >= 11 is 0. The van der Waals surface area contributed by atoms with E-state index < -0.39 is 29.2 Å². The third kappa shape index (κ3) is 4.94. The van der Waals surface area contributed by atoms with Gasteiger partial charge in [0.25, 0.3) is 5.78 Å². The molecule has 0 fully saturated rings. The number of Topliss-reactive ketones (excluding diaryl/α,β-unsaturated/α-hetero) is 1. The van der Waals surface area contributed by atoms with Crippen LogP contribution in [0.5, 0.6) is 5.75 Å². The van der Waals surface area contributed by atoms with Crippen molar-refractivity contribution in [1.82, 2.24) is 0 Å². The highest BCUT2D eigenvalue weighted by Crippen LogP contribution is 2.30. The largest absolute Gasteiger partial charge is 0.496 e. The highest BCUT2D eigenvalue weighted by molar-refractivity contribution is 6.03. The van der Waals surface area contributed by atoms with E-state index >= 15 is 0 Å². The molecule has 1 amide bonds. The standard InChI is InChI=1S/C14H16F3NO4/c1-13(2,3)22-12(20)18-8-5-6-10(21-4)9(7-8)11(19)14(15,16)17/h5-7H,1-4H3,(H,18,20). The number of ketones is 1. The molecule has 122 valence electrons. The van der Waals surface area contributed by atoms with E-state index in [9.17, 15) is 22.8 Å². The van der Waals surface area contributed by atoms with Gasteiger partial charge in [0.05, 0.1) is 12.7 Å². The first-order valence-corrected chi connectivity index (χ1v) is 6.23. The van der Waals surface area contributed by atoms with E-state index in [1.165, 1.54) is 6.07 Å². The van der Waals surface area contributed by atoms with Crippen LogP contribution in [0.25, 0.3) is 0 Å². The molecule has 1 rings (SSSR count). The lowest BCUT2D eigenvalue weighted by Crippen LogP contribution is -2.27. The molecule has 22 heavy (non-hydrogen) atoms. The van der Waals surface area contributed by atoms with Crippen LogP contribution >= 0.6 is 0 Å². The number of carbonyl (C=O) groups excluding carboxylic acids is 2. The molecule has 0 radical (unpaired) electrons. The lowest BCUT2D eigenvalue weighted by Gasteiger charge is -2.20. The van der Waals surface area contributed by atoms with Crippen LogP contribution in [0.4, 0.5) is 23.7 Å². The van der Waals surface area contributed by atoms with Crippen molar-refractivity contribution in [3.63, 3.8) is 0 Å². The number of benzene rings is 1. The smallest absolute Gasteiger partial charge is 0.455 e. The Morgan fingerprint density at radius 2 is 1.73 bits per heavy atom. The van der Waals surface area contributed by atoms with Crippen molar-refractivity contribution < 1.29 is 32.2 Å². The highest BCUT2D eigenvalue weighted by Gasteiger charge is 2.41. The van der Waals surface area contributed by atoms with Gasteiger partial charge in [-0.3, -0.25) is 10.1 Å². The average molecular weight is 319 g/mol. The van der Waals surface area contributed by atoms with Gasteiger partial charge in [0.1, 0.15) is 11.4 Å². The molecule has 0 aromatic heterocycles. The fraction of sp³-hybridized carbons (Fsp3) is 0.429. The molecule has 0 bridgehead atoms. The number of nitrogens with one attached hydrogen (secondary N) is 1. The van der Waals surface area contributed by atoms with Gasteiger partial charge in [-0.05, 0) is 39.0 Å². The normalized spacial score (nSPS) is 11.8. The molecule has 0 aliphatic rings. The van der Waals surface area contributed by atoms with Crippen molar-refractivity contribution in [3.05, 3.63) is 23.8 Å². The van der Waals surface area contributed by atoms with E-state index in [1.807, 2.05) is 0 Å². The summed E-state index contributed by atoms with van der Waals surface area (Å²) in [7, 11) is 1.14. The molecular formula is C14H16F3NO4. The van der Waals surface area contributed by atoms with Gasteiger partial charge in [0.2, 0.25) is 0 Å². The van der Waals surface area contributed by atoms with Gasteiger partial charge in [0, 0.05) is 5.69 Å². The molecule has 0 aliphatic heterocycles. The molecule has 1 N–H and O–H groups in total. The summed E-state index contributed by atoms with van der Waals surface area (Å²) in [5.74, 6) is -2.30. The number of hydrogen-bond acceptors (Lipinski definition) is 4. The first-order chi connectivity index (χ1) is 9.94. The molecule has 1 aromatic carbocycles. The molecule has 8 heteroatoms. The molecular weight excluding hydrogens is 303 g/mol. The average Bonchev–Trinajstić information content (AvgIpc) is 2.34. The number of ether oxygens (including phenoxy) is 2. The van der Waals surface area contributed by atoms with Crippen molar-refractivity contribution in [2.45, 2.75) is 32.5 Å². The van der Waals surface area contributed by atoms with Gasteiger partial charge in [0.15, 0.2) is 0 Å². The van der Waals surface area contributed by atoms with E-state index in [-0.39, 0.29) is 11.4 Å². The molecule has 1 aromatic rings. The monoisotopic (exact) mass is 319 g/mol. The topological polar surface area (TPSA) is 64.6 Å². The van der Waals surface area contributed by atoms with Gasteiger partial charge >= 0.3 is 12.3 Å². The molecule has 0 spiro atoms. The zero-order valence-electron chi connectivity index (χ0n) is 12.5. The summed E-state index contributed by atoms with van der Waals surface area (Å²) in [6, 6.07) is 3.35. The van der Waals surface area contributed by atoms with E-state index in [2.05, 4.69) is 5.32 Å². The second-order valence-electron chi connectivity index (χ2n) is 5.37. The van der Waals surface area contributed by atoms with Crippen LogP contribution in [0.3, 0.4) is 0 Å². The van der Waals surface area contributed by atoms with E-state index in [0.29, 0.717) is 0 Å². The summed E-state index contributed by atoms with van der Waals surface area (Å²) in [4.78, 5) is 23.0. The Morgan fingerprint density at radius 3 is 2.18 bits per heavy atom. The first-order valence-electron chi connectivity index (χ1n) is 6.23. The third-order valence-electron chi connectivity index (χ3n) is 2.35. The zero-order valence-corrected chi connectivity index (χ0v) is 12.5. The molecule has 0 saturated heterocycles. The van der Waals surface area contributed by atoms with Gasteiger partial charge in [-0.25, -0.2) is 4.79 Å². The predicted molar refractivity (Wildman–Crippen MR) is 73.2 cm³/mol. The molecule has 0 aliphatic carbocycles. The molecule has 0 atom stereocenters. The van der Waals surface area contributed by atoms with Crippen LogP contribution in [0, 0.1) is 0 Å². The van der Waals surface area contributed by atoms with Crippen molar-refractivity contribution in [3.8, 4) is 5.75 Å². The van der Waals surface area contributed by atoms with Crippen molar-refractivity contribution in [2.24, 2.45) is 0 Å². The maximum absolute atomic E-state index is 12.6. The Kier molecular flexibility index (Phi) is 5.05. The molecule has 5 nitrogen and oxygen atoms in total. The number of hydrogen-bond donors (Lipinski definition) is 1. The van der Waals surface area contributed by atoms with Crippen LogP contribution in [-0.2, 0) is 4.74 Å². The highest BCUT2D eigenvalue weighted by atomic mass is 19.4. The Bertz CT molecular complexity index is 576. The predicted octanol–water partition coefficient (Wildman–Crippen LogP) is 3.79. The summed E-state index contributed by atoms with van der Waals surface area (Å²) in [5, 5.41) is 2.26. The van der Waals surface area contributed by atoms with Gasteiger partial charge < -0.3 is 9.47 Å². The zero-order chi connectivity index (χ0) is 17.1. The summed E-state index contributed by atoms with van der Waals surface area (Å²) in [5.41, 5.74) is -1.47. The third-order valence-corrected chi connectivity index (χ3v) is 2.35. The second kappa shape index (κ2) is 6.25. The Morgan fingerprint density at radius 1 is 1.14 bits per heavy atom. The fourth-order valence-electron chi connectivity index (χ4n) is 1.54. The van der Waals surface area contributed by atoms with Crippen LogP contribution in [-0.4, -0.2) is 30.8 Å². The van der Waals surface area contributed by atoms with Gasteiger partial charge in [-0.1, -0.05) is 0 Å².